The summed E-state index contributed by atoms with van der Waals surface area (Å²) in [5, 5.41) is 0. The normalized spacial score (nSPS) is 21.7. The van der Waals surface area contributed by atoms with Gasteiger partial charge in [-0.2, -0.15) is 0 Å². The van der Waals surface area contributed by atoms with Crippen molar-refractivity contribution in [3.05, 3.63) is 70.7 Å². The minimum absolute atomic E-state index is 0.0519. The van der Waals surface area contributed by atoms with E-state index in [0.29, 0.717) is 19.3 Å². The van der Waals surface area contributed by atoms with Crippen LogP contribution in [0.1, 0.15) is 55.7 Å². The molecule has 4 nitrogen and oxygen atoms in total. The first-order chi connectivity index (χ1) is 13.2. The maximum Gasteiger partial charge on any atom is 0.232 e. The predicted molar refractivity (Wildman–Crippen MR) is 110 cm³/mol. The second-order valence-electron chi connectivity index (χ2n) is 8.91. The van der Waals surface area contributed by atoms with Crippen molar-refractivity contribution in [2.75, 3.05) is 4.90 Å². The molecule has 0 fully saturated rings. The van der Waals surface area contributed by atoms with Crippen molar-refractivity contribution in [3.8, 4) is 0 Å². The molecular formula is C24H26N2O2. The van der Waals surface area contributed by atoms with Gasteiger partial charge in [-0.25, -0.2) is 0 Å². The van der Waals surface area contributed by atoms with Crippen molar-refractivity contribution in [2.24, 2.45) is 5.41 Å². The van der Waals surface area contributed by atoms with Crippen molar-refractivity contribution in [1.82, 2.24) is 4.98 Å². The molecule has 1 atom stereocenters. The first-order valence-corrected chi connectivity index (χ1v) is 9.82. The summed E-state index contributed by atoms with van der Waals surface area (Å²) in [4.78, 5) is 32.5. The van der Waals surface area contributed by atoms with E-state index in [2.05, 4.69) is 24.9 Å². The number of anilines is 1. The number of ketones is 1. The Hall–Kier alpha value is -2.75. The summed E-state index contributed by atoms with van der Waals surface area (Å²) in [5.74, 6) is 0.0299. The molecule has 28 heavy (non-hydrogen) atoms. The van der Waals surface area contributed by atoms with Gasteiger partial charge in [0.15, 0.2) is 5.78 Å². The average Bonchev–Trinajstić information content (AvgIpc) is 2.59. The summed E-state index contributed by atoms with van der Waals surface area (Å²) in [5.41, 5.74) is 5.62. The largest absolute Gasteiger partial charge is 0.294 e. The molecule has 2 heterocycles. The lowest BCUT2D eigenvalue weighted by Gasteiger charge is -2.43. The lowest BCUT2D eigenvalue weighted by molar-refractivity contribution is -0.121. The molecule has 0 spiro atoms. The number of allylic oxidation sites excluding steroid dienone is 2. The molecule has 1 unspecified atom stereocenters. The molecule has 1 aliphatic heterocycles. The van der Waals surface area contributed by atoms with Gasteiger partial charge in [-0.15, -0.1) is 0 Å². The number of Topliss-reactive ketones (excluding diaryl/α,β-unsaturated/α-hetero) is 1. The third-order valence-electron chi connectivity index (χ3n) is 5.72. The van der Waals surface area contributed by atoms with Crippen molar-refractivity contribution >= 4 is 17.4 Å². The van der Waals surface area contributed by atoms with E-state index < -0.39 is 0 Å². The molecule has 144 valence electrons. The standard InChI is InChI=1S/C24H26N2O2/c1-15-9-16(2)11-18(10-15)26-20-13-24(3,4)14-21(27)23(20)19(12-22(26)28)17-5-7-25-8-6-17/h5-11,19H,12-14H2,1-4H3. The van der Waals surface area contributed by atoms with Crippen molar-refractivity contribution in [3.63, 3.8) is 0 Å². The summed E-state index contributed by atoms with van der Waals surface area (Å²) in [7, 11) is 0. The Bertz CT molecular complexity index is 969. The number of aromatic nitrogens is 1. The fourth-order valence-corrected chi connectivity index (χ4v) is 4.68. The molecule has 4 heteroatoms. The maximum absolute atomic E-state index is 13.3. The van der Waals surface area contributed by atoms with Crippen molar-refractivity contribution < 1.29 is 9.59 Å². The van der Waals surface area contributed by atoms with Gasteiger partial charge in [0.25, 0.3) is 0 Å². The number of hydrogen-bond acceptors (Lipinski definition) is 3. The van der Waals surface area contributed by atoms with Crippen LogP contribution in [0.5, 0.6) is 0 Å². The smallest absolute Gasteiger partial charge is 0.232 e. The Kier molecular flexibility index (Phi) is 4.45. The lowest BCUT2D eigenvalue weighted by atomic mass is 9.69. The number of pyridine rings is 1. The Balaban J connectivity index is 1.92. The third-order valence-corrected chi connectivity index (χ3v) is 5.72. The molecule has 1 aliphatic carbocycles. The monoisotopic (exact) mass is 374 g/mol. The van der Waals surface area contributed by atoms with E-state index in [-0.39, 0.29) is 23.0 Å². The van der Waals surface area contributed by atoms with E-state index in [9.17, 15) is 9.59 Å². The molecular weight excluding hydrogens is 348 g/mol. The Morgan fingerprint density at radius 3 is 2.29 bits per heavy atom. The van der Waals surface area contributed by atoms with Gasteiger partial charge in [0, 0.05) is 48.1 Å². The zero-order valence-electron chi connectivity index (χ0n) is 17.0. The minimum atomic E-state index is -0.184. The molecule has 0 bridgehead atoms. The van der Waals surface area contributed by atoms with Crippen LogP contribution in [-0.4, -0.2) is 16.7 Å². The van der Waals surface area contributed by atoms with Crippen LogP contribution in [0, 0.1) is 19.3 Å². The summed E-state index contributed by atoms with van der Waals surface area (Å²) in [6.07, 6.45) is 5.00. The third kappa shape index (κ3) is 3.28. The van der Waals surface area contributed by atoms with Crippen molar-refractivity contribution in [2.45, 2.75) is 52.9 Å². The molecule has 1 aromatic heterocycles. The fourth-order valence-electron chi connectivity index (χ4n) is 4.68. The lowest BCUT2D eigenvalue weighted by Crippen LogP contribution is -2.43. The number of aryl methyl sites for hydroxylation is 2. The van der Waals surface area contributed by atoms with Gasteiger partial charge >= 0.3 is 0 Å². The summed E-state index contributed by atoms with van der Waals surface area (Å²) in [6.45, 7) is 8.29. The van der Waals surface area contributed by atoms with Gasteiger partial charge in [-0.1, -0.05) is 19.9 Å². The van der Waals surface area contributed by atoms with E-state index >= 15 is 0 Å². The van der Waals surface area contributed by atoms with Crippen LogP contribution in [0.3, 0.4) is 0 Å². The van der Waals surface area contributed by atoms with Gasteiger partial charge in [0.1, 0.15) is 0 Å². The van der Waals surface area contributed by atoms with Gasteiger partial charge in [0.2, 0.25) is 5.91 Å². The van der Waals surface area contributed by atoms with E-state index in [1.807, 2.05) is 43.0 Å². The highest BCUT2D eigenvalue weighted by Crippen LogP contribution is 2.48. The number of carbonyl (C=O) groups excluding carboxylic acids is 2. The quantitative estimate of drug-likeness (QED) is 0.754. The van der Waals surface area contributed by atoms with Crippen LogP contribution in [0.2, 0.25) is 0 Å². The van der Waals surface area contributed by atoms with Gasteiger partial charge in [-0.3, -0.25) is 19.5 Å². The average molecular weight is 374 g/mol. The summed E-state index contributed by atoms with van der Waals surface area (Å²) >= 11 is 0. The first-order valence-electron chi connectivity index (χ1n) is 9.82. The first kappa shape index (κ1) is 18.6. The van der Waals surface area contributed by atoms with Crippen LogP contribution in [0.25, 0.3) is 0 Å². The number of benzene rings is 1. The second-order valence-corrected chi connectivity index (χ2v) is 8.91. The highest BCUT2D eigenvalue weighted by Gasteiger charge is 2.44. The Morgan fingerprint density at radius 1 is 1.00 bits per heavy atom. The van der Waals surface area contributed by atoms with E-state index in [1.165, 1.54) is 0 Å². The molecule has 4 rings (SSSR count). The van der Waals surface area contributed by atoms with Crippen molar-refractivity contribution in [1.29, 1.82) is 0 Å². The van der Waals surface area contributed by atoms with Gasteiger partial charge in [0.05, 0.1) is 0 Å². The number of carbonyl (C=O) groups is 2. The van der Waals surface area contributed by atoms with E-state index in [0.717, 1.165) is 33.6 Å². The van der Waals surface area contributed by atoms with E-state index in [1.54, 1.807) is 12.4 Å². The zero-order valence-corrected chi connectivity index (χ0v) is 17.0. The minimum Gasteiger partial charge on any atom is -0.294 e. The number of amides is 1. The molecule has 1 amide bonds. The van der Waals surface area contributed by atoms with Crippen LogP contribution in [0.15, 0.2) is 54.0 Å². The van der Waals surface area contributed by atoms with E-state index in [4.69, 9.17) is 0 Å². The maximum atomic E-state index is 13.3. The number of nitrogens with zero attached hydrogens (tertiary/aromatic N) is 2. The summed E-state index contributed by atoms with van der Waals surface area (Å²) < 4.78 is 0. The fraction of sp³-hybridized carbons (Fsp3) is 0.375. The molecule has 0 N–H and O–H groups in total. The molecule has 2 aliphatic rings. The molecule has 0 saturated carbocycles. The summed E-state index contributed by atoms with van der Waals surface area (Å²) in [6, 6.07) is 10.0. The molecule has 1 aromatic carbocycles. The Morgan fingerprint density at radius 2 is 1.64 bits per heavy atom. The van der Waals surface area contributed by atoms with Gasteiger partial charge in [-0.05, 0) is 66.6 Å². The number of hydrogen-bond donors (Lipinski definition) is 0. The molecule has 2 aromatic rings. The molecule has 0 radical (unpaired) electrons. The van der Waals surface area contributed by atoms with Crippen LogP contribution >= 0.6 is 0 Å². The SMILES string of the molecule is Cc1cc(C)cc(N2C(=O)CC(c3ccncc3)C3=C2CC(C)(C)CC3=O)c1. The Labute approximate surface area is 166 Å². The number of rotatable bonds is 2. The molecule has 0 saturated heterocycles. The predicted octanol–water partition coefficient (Wildman–Crippen LogP) is 4.86. The second kappa shape index (κ2) is 6.69. The van der Waals surface area contributed by atoms with Crippen LogP contribution < -0.4 is 4.90 Å². The topological polar surface area (TPSA) is 50.3 Å². The highest BCUT2D eigenvalue weighted by molar-refractivity contribution is 6.07. The van der Waals surface area contributed by atoms with Gasteiger partial charge < -0.3 is 0 Å². The van der Waals surface area contributed by atoms with Crippen LogP contribution in [-0.2, 0) is 9.59 Å². The van der Waals surface area contributed by atoms with Crippen LogP contribution in [0.4, 0.5) is 5.69 Å². The highest BCUT2D eigenvalue weighted by atomic mass is 16.2. The zero-order chi connectivity index (χ0) is 20.1.